The molecule has 1 saturated carbocycles. The molecule has 0 aliphatic heterocycles. The highest BCUT2D eigenvalue weighted by atomic mass is 35.5. The Morgan fingerprint density at radius 2 is 2.06 bits per heavy atom. The lowest BCUT2D eigenvalue weighted by Gasteiger charge is -2.14. The monoisotopic (exact) mass is 268 g/mol. The zero-order chi connectivity index (χ0) is 13.0. The van der Waals surface area contributed by atoms with E-state index in [-0.39, 0.29) is 11.7 Å². The first-order chi connectivity index (χ1) is 8.74. The van der Waals surface area contributed by atoms with Crippen LogP contribution in [-0.4, -0.2) is 15.6 Å². The largest absolute Gasteiger partial charge is 0.292 e. The molecule has 0 unspecified atom stereocenters. The first-order valence-electron chi connectivity index (χ1n) is 6.99. The molecule has 0 aromatic carbocycles. The third kappa shape index (κ3) is 2.94. The van der Waals surface area contributed by atoms with Crippen molar-refractivity contribution in [2.75, 3.05) is 0 Å². The lowest BCUT2D eigenvalue weighted by Crippen LogP contribution is -2.19. The van der Waals surface area contributed by atoms with E-state index in [1.165, 1.54) is 12.8 Å². The van der Waals surface area contributed by atoms with Gasteiger partial charge in [0.05, 0.1) is 11.2 Å². The summed E-state index contributed by atoms with van der Waals surface area (Å²) in [5.74, 6) is 0.352. The minimum atomic E-state index is 0.150. The molecule has 100 valence electrons. The van der Waals surface area contributed by atoms with E-state index >= 15 is 0 Å². The van der Waals surface area contributed by atoms with Crippen molar-refractivity contribution >= 4 is 17.4 Å². The zero-order valence-electron chi connectivity index (χ0n) is 11.0. The molecule has 1 aliphatic rings. The Morgan fingerprint density at radius 1 is 1.39 bits per heavy atom. The lowest BCUT2D eigenvalue weighted by molar-refractivity contribution is 0.0896. The number of rotatable bonds is 4. The van der Waals surface area contributed by atoms with Crippen molar-refractivity contribution < 1.29 is 4.79 Å². The van der Waals surface area contributed by atoms with Crippen molar-refractivity contribution in [1.29, 1.82) is 0 Å². The molecule has 0 N–H and O–H groups in total. The molecular formula is C14H21ClN2O. The summed E-state index contributed by atoms with van der Waals surface area (Å²) < 4.78 is 1.77. The molecule has 2 rings (SSSR count). The SMILES string of the molecule is CCCn1ncc(Cl)c1C(=O)C1CCCCCC1. The number of ketones is 1. The maximum atomic E-state index is 12.6. The fourth-order valence-electron chi connectivity index (χ4n) is 2.72. The molecule has 0 atom stereocenters. The highest BCUT2D eigenvalue weighted by Gasteiger charge is 2.26. The first kappa shape index (κ1) is 13.6. The Labute approximate surface area is 114 Å². The summed E-state index contributed by atoms with van der Waals surface area (Å²) >= 11 is 6.13. The van der Waals surface area contributed by atoms with Crippen molar-refractivity contribution in [2.24, 2.45) is 5.92 Å². The van der Waals surface area contributed by atoms with Gasteiger partial charge in [0.15, 0.2) is 5.78 Å². The van der Waals surface area contributed by atoms with Crippen LogP contribution in [0.2, 0.25) is 5.02 Å². The normalized spacial score (nSPS) is 17.7. The summed E-state index contributed by atoms with van der Waals surface area (Å²) in [6, 6.07) is 0. The smallest absolute Gasteiger partial charge is 0.185 e. The van der Waals surface area contributed by atoms with Crippen molar-refractivity contribution in [3.63, 3.8) is 0 Å². The number of aromatic nitrogens is 2. The standard InChI is InChI=1S/C14H21ClN2O/c1-2-9-17-13(12(15)10-16-17)14(18)11-7-5-3-4-6-8-11/h10-11H,2-9H2,1H3. The molecule has 1 aromatic heterocycles. The maximum Gasteiger partial charge on any atom is 0.185 e. The minimum absolute atomic E-state index is 0.150. The van der Waals surface area contributed by atoms with Gasteiger partial charge >= 0.3 is 0 Å². The van der Waals surface area contributed by atoms with Crippen molar-refractivity contribution in [2.45, 2.75) is 58.4 Å². The summed E-state index contributed by atoms with van der Waals surface area (Å²) in [6.07, 6.45) is 9.41. The second kappa shape index (κ2) is 6.37. The van der Waals surface area contributed by atoms with Gasteiger partial charge in [-0.1, -0.05) is 44.2 Å². The average molecular weight is 269 g/mol. The second-order valence-corrected chi connectivity index (χ2v) is 5.52. The van der Waals surface area contributed by atoms with Gasteiger partial charge in [-0.15, -0.1) is 0 Å². The fourth-order valence-corrected chi connectivity index (χ4v) is 2.96. The van der Waals surface area contributed by atoms with Gasteiger partial charge in [0.1, 0.15) is 5.69 Å². The number of halogens is 1. The molecule has 1 fully saturated rings. The van der Waals surface area contributed by atoms with E-state index in [2.05, 4.69) is 12.0 Å². The van der Waals surface area contributed by atoms with Gasteiger partial charge in [0, 0.05) is 12.5 Å². The van der Waals surface area contributed by atoms with Crippen LogP contribution in [0.3, 0.4) is 0 Å². The molecule has 0 spiro atoms. The summed E-state index contributed by atoms with van der Waals surface area (Å²) in [7, 11) is 0. The Bertz CT molecular complexity index is 406. The van der Waals surface area contributed by atoms with Crippen LogP contribution in [0.4, 0.5) is 0 Å². The third-order valence-corrected chi connectivity index (χ3v) is 3.97. The molecule has 0 bridgehead atoms. The quantitative estimate of drug-likeness (QED) is 0.609. The van der Waals surface area contributed by atoms with Crippen LogP contribution in [0.15, 0.2) is 6.20 Å². The van der Waals surface area contributed by atoms with E-state index in [1.54, 1.807) is 10.9 Å². The van der Waals surface area contributed by atoms with Crippen LogP contribution in [-0.2, 0) is 6.54 Å². The van der Waals surface area contributed by atoms with Crippen LogP contribution in [0.25, 0.3) is 0 Å². The van der Waals surface area contributed by atoms with Crippen LogP contribution in [0, 0.1) is 5.92 Å². The molecule has 4 heteroatoms. The van der Waals surface area contributed by atoms with E-state index in [0.717, 1.165) is 38.6 Å². The van der Waals surface area contributed by atoms with Gasteiger partial charge in [0.25, 0.3) is 0 Å². The molecule has 0 saturated heterocycles. The van der Waals surface area contributed by atoms with Crippen LogP contribution >= 0.6 is 11.6 Å². The van der Waals surface area contributed by atoms with Gasteiger partial charge in [0.2, 0.25) is 0 Å². The van der Waals surface area contributed by atoms with E-state index in [0.29, 0.717) is 10.7 Å². The Hall–Kier alpha value is -0.830. The molecule has 1 aliphatic carbocycles. The van der Waals surface area contributed by atoms with Crippen LogP contribution in [0.5, 0.6) is 0 Å². The summed E-state index contributed by atoms with van der Waals surface area (Å²) in [6.45, 7) is 2.84. The predicted octanol–water partition coefficient (Wildman–Crippen LogP) is 4.10. The van der Waals surface area contributed by atoms with Gasteiger partial charge in [-0.25, -0.2) is 0 Å². The maximum absolute atomic E-state index is 12.6. The number of aryl methyl sites for hydroxylation is 1. The average Bonchev–Trinajstić information content (AvgIpc) is 2.58. The molecule has 3 nitrogen and oxygen atoms in total. The number of hydrogen-bond donors (Lipinski definition) is 0. The molecule has 0 amide bonds. The van der Waals surface area contributed by atoms with Crippen molar-refractivity contribution in [3.8, 4) is 0 Å². The minimum Gasteiger partial charge on any atom is -0.292 e. The van der Waals surface area contributed by atoms with E-state index in [9.17, 15) is 4.79 Å². The molecule has 18 heavy (non-hydrogen) atoms. The molecule has 1 aromatic rings. The number of carbonyl (C=O) groups is 1. The van der Waals surface area contributed by atoms with Gasteiger partial charge in [-0.2, -0.15) is 5.10 Å². The zero-order valence-corrected chi connectivity index (χ0v) is 11.7. The second-order valence-electron chi connectivity index (χ2n) is 5.12. The Morgan fingerprint density at radius 3 is 2.67 bits per heavy atom. The summed E-state index contributed by atoms with van der Waals surface area (Å²) in [5.41, 5.74) is 0.630. The third-order valence-electron chi connectivity index (χ3n) is 3.69. The molecule has 0 radical (unpaired) electrons. The van der Waals surface area contributed by atoms with Gasteiger partial charge in [-0.05, 0) is 19.3 Å². The van der Waals surface area contributed by atoms with Crippen molar-refractivity contribution in [1.82, 2.24) is 9.78 Å². The Balaban J connectivity index is 2.18. The summed E-state index contributed by atoms with van der Waals surface area (Å²) in [5, 5.41) is 4.72. The fraction of sp³-hybridized carbons (Fsp3) is 0.714. The first-order valence-corrected chi connectivity index (χ1v) is 7.37. The van der Waals surface area contributed by atoms with Crippen LogP contribution in [0.1, 0.15) is 62.4 Å². The van der Waals surface area contributed by atoms with Gasteiger partial charge in [-0.3, -0.25) is 9.48 Å². The van der Waals surface area contributed by atoms with E-state index in [4.69, 9.17) is 11.6 Å². The highest BCUT2D eigenvalue weighted by molar-refractivity contribution is 6.33. The number of carbonyl (C=O) groups excluding carboxylic acids is 1. The van der Waals surface area contributed by atoms with Crippen LogP contribution < -0.4 is 0 Å². The predicted molar refractivity (Wildman–Crippen MR) is 73.1 cm³/mol. The molecule has 1 heterocycles. The number of Topliss-reactive ketones (excluding diaryl/α,β-unsaturated/α-hetero) is 1. The molecular weight excluding hydrogens is 248 g/mol. The number of nitrogens with zero attached hydrogens (tertiary/aromatic N) is 2. The Kier molecular flexibility index (Phi) is 4.81. The van der Waals surface area contributed by atoms with E-state index in [1.807, 2.05) is 0 Å². The highest BCUT2D eigenvalue weighted by Crippen LogP contribution is 2.28. The van der Waals surface area contributed by atoms with Crippen molar-refractivity contribution in [3.05, 3.63) is 16.9 Å². The summed E-state index contributed by atoms with van der Waals surface area (Å²) in [4.78, 5) is 12.6. The van der Waals surface area contributed by atoms with Gasteiger partial charge < -0.3 is 0 Å². The number of hydrogen-bond acceptors (Lipinski definition) is 2. The van der Waals surface area contributed by atoms with E-state index < -0.39 is 0 Å². The topological polar surface area (TPSA) is 34.9 Å². The lowest BCUT2D eigenvalue weighted by atomic mass is 9.93.